The number of pyridine rings is 1. The van der Waals surface area contributed by atoms with Crippen molar-refractivity contribution in [1.29, 1.82) is 0 Å². The maximum Gasteiger partial charge on any atom is 0.326 e. The lowest BCUT2D eigenvalue weighted by molar-refractivity contribution is -0.126. The SMILES string of the molecule is CN1CC(=O)N(CCCC(=O)NCc2ccnc(-n3cccn3)c2)C1=O. The molecule has 0 atom stereocenters. The Hall–Kier alpha value is -3.23. The minimum Gasteiger partial charge on any atom is -0.352 e. The zero-order valence-corrected chi connectivity index (χ0v) is 14.5. The van der Waals surface area contributed by atoms with Gasteiger partial charge in [0.2, 0.25) is 11.8 Å². The Morgan fingerprint density at radius 2 is 2.15 bits per heavy atom. The summed E-state index contributed by atoms with van der Waals surface area (Å²) in [7, 11) is 1.58. The van der Waals surface area contributed by atoms with Gasteiger partial charge in [0, 0.05) is 45.1 Å². The number of amides is 4. The normalized spacial score (nSPS) is 14.2. The molecular formula is C17H20N6O3. The van der Waals surface area contributed by atoms with Gasteiger partial charge in [-0.25, -0.2) is 14.5 Å². The van der Waals surface area contributed by atoms with E-state index in [1.807, 2.05) is 18.2 Å². The van der Waals surface area contributed by atoms with Crippen molar-refractivity contribution < 1.29 is 14.4 Å². The third-order valence-electron chi connectivity index (χ3n) is 4.06. The van der Waals surface area contributed by atoms with Crippen molar-refractivity contribution in [1.82, 2.24) is 29.9 Å². The van der Waals surface area contributed by atoms with Gasteiger partial charge in [-0.2, -0.15) is 5.10 Å². The molecule has 9 nitrogen and oxygen atoms in total. The first-order valence-electron chi connectivity index (χ1n) is 8.31. The van der Waals surface area contributed by atoms with Crippen molar-refractivity contribution in [2.75, 3.05) is 20.1 Å². The Morgan fingerprint density at radius 3 is 2.85 bits per heavy atom. The van der Waals surface area contributed by atoms with Crippen LogP contribution in [0.1, 0.15) is 18.4 Å². The summed E-state index contributed by atoms with van der Waals surface area (Å²) in [5.74, 6) is 0.327. The Bertz CT molecular complexity index is 805. The number of carbonyl (C=O) groups excluding carboxylic acids is 3. The molecule has 9 heteroatoms. The topological polar surface area (TPSA) is 100 Å². The molecule has 3 rings (SSSR count). The zero-order chi connectivity index (χ0) is 18.5. The van der Waals surface area contributed by atoms with E-state index in [9.17, 15) is 14.4 Å². The second-order valence-corrected chi connectivity index (χ2v) is 6.04. The second kappa shape index (κ2) is 7.77. The first-order chi connectivity index (χ1) is 12.5. The molecule has 0 spiro atoms. The molecule has 0 aliphatic carbocycles. The third kappa shape index (κ3) is 4.05. The van der Waals surface area contributed by atoms with E-state index >= 15 is 0 Å². The summed E-state index contributed by atoms with van der Waals surface area (Å²) in [5.41, 5.74) is 0.908. The van der Waals surface area contributed by atoms with Gasteiger partial charge in [0.15, 0.2) is 5.82 Å². The molecule has 1 fully saturated rings. The summed E-state index contributed by atoms with van der Waals surface area (Å²) in [6, 6.07) is 5.18. The lowest BCUT2D eigenvalue weighted by Gasteiger charge is -2.13. The summed E-state index contributed by atoms with van der Waals surface area (Å²) >= 11 is 0. The van der Waals surface area contributed by atoms with Gasteiger partial charge < -0.3 is 10.2 Å². The van der Waals surface area contributed by atoms with Gasteiger partial charge in [-0.15, -0.1) is 0 Å². The summed E-state index contributed by atoms with van der Waals surface area (Å²) < 4.78 is 1.65. The molecule has 0 radical (unpaired) electrons. The highest BCUT2D eigenvalue weighted by Gasteiger charge is 2.32. The Labute approximate surface area is 150 Å². The average molecular weight is 356 g/mol. The number of rotatable bonds is 7. The van der Waals surface area contributed by atoms with Gasteiger partial charge in [0.25, 0.3) is 0 Å². The van der Waals surface area contributed by atoms with Crippen LogP contribution >= 0.6 is 0 Å². The summed E-state index contributed by atoms with van der Waals surface area (Å²) in [4.78, 5) is 42.2. The fraction of sp³-hybridized carbons (Fsp3) is 0.353. The lowest BCUT2D eigenvalue weighted by Crippen LogP contribution is -2.33. The lowest BCUT2D eigenvalue weighted by atomic mass is 10.2. The quantitative estimate of drug-likeness (QED) is 0.731. The molecule has 1 aliphatic rings. The number of aromatic nitrogens is 3. The van der Waals surface area contributed by atoms with Crippen molar-refractivity contribution in [3.8, 4) is 5.82 Å². The van der Waals surface area contributed by atoms with Gasteiger partial charge in [0.05, 0.1) is 0 Å². The number of carbonyl (C=O) groups is 3. The van der Waals surface area contributed by atoms with E-state index < -0.39 is 0 Å². The van der Waals surface area contributed by atoms with Crippen LogP contribution in [0.25, 0.3) is 5.82 Å². The van der Waals surface area contributed by atoms with E-state index in [4.69, 9.17) is 0 Å². The van der Waals surface area contributed by atoms with Gasteiger partial charge >= 0.3 is 6.03 Å². The number of likely N-dealkylation sites (N-methyl/N-ethyl adjacent to an activating group) is 1. The highest BCUT2D eigenvalue weighted by molar-refractivity contribution is 6.01. The number of hydrogen-bond donors (Lipinski definition) is 1. The highest BCUT2D eigenvalue weighted by atomic mass is 16.2. The summed E-state index contributed by atoms with van der Waals surface area (Å²) in [5, 5.41) is 6.96. The molecule has 0 saturated carbocycles. The van der Waals surface area contributed by atoms with Crippen LogP contribution in [0.3, 0.4) is 0 Å². The summed E-state index contributed by atoms with van der Waals surface area (Å²) in [6.45, 7) is 0.736. The van der Waals surface area contributed by atoms with Crippen molar-refractivity contribution in [3.63, 3.8) is 0 Å². The Balaban J connectivity index is 1.44. The molecule has 1 N–H and O–H groups in total. The van der Waals surface area contributed by atoms with Gasteiger partial charge in [0.1, 0.15) is 6.54 Å². The predicted molar refractivity (Wildman–Crippen MR) is 92.2 cm³/mol. The monoisotopic (exact) mass is 356 g/mol. The molecule has 0 unspecified atom stereocenters. The van der Waals surface area contributed by atoms with Crippen molar-refractivity contribution in [2.45, 2.75) is 19.4 Å². The second-order valence-electron chi connectivity index (χ2n) is 6.04. The van der Waals surface area contributed by atoms with Gasteiger partial charge in [-0.05, 0) is 30.2 Å². The number of urea groups is 1. The molecule has 4 amide bonds. The first-order valence-corrected chi connectivity index (χ1v) is 8.31. The fourth-order valence-electron chi connectivity index (χ4n) is 2.68. The number of nitrogens with one attached hydrogen (secondary N) is 1. The van der Waals surface area contributed by atoms with E-state index in [-0.39, 0.29) is 37.4 Å². The van der Waals surface area contributed by atoms with E-state index in [2.05, 4.69) is 15.4 Å². The number of imide groups is 1. The molecule has 2 aromatic rings. The van der Waals surface area contributed by atoms with Crippen molar-refractivity contribution >= 4 is 17.8 Å². The average Bonchev–Trinajstić information content (AvgIpc) is 3.25. The van der Waals surface area contributed by atoms with Crippen LogP contribution in [-0.4, -0.2) is 62.5 Å². The molecule has 1 saturated heterocycles. The van der Waals surface area contributed by atoms with Crippen LogP contribution in [-0.2, 0) is 16.1 Å². The zero-order valence-electron chi connectivity index (χ0n) is 14.5. The number of hydrogen-bond acceptors (Lipinski definition) is 5. The third-order valence-corrected chi connectivity index (χ3v) is 4.06. The van der Waals surface area contributed by atoms with E-state index in [0.29, 0.717) is 18.8 Å². The first kappa shape index (κ1) is 17.6. The Morgan fingerprint density at radius 1 is 1.31 bits per heavy atom. The van der Waals surface area contributed by atoms with Crippen LogP contribution in [0, 0.1) is 0 Å². The van der Waals surface area contributed by atoms with Crippen LogP contribution in [0.15, 0.2) is 36.8 Å². The van der Waals surface area contributed by atoms with E-state index in [0.717, 1.165) is 5.56 Å². The van der Waals surface area contributed by atoms with Crippen LogP contribution in [0.2, 0.25) is 0 Å². The van der Waals surface area contributed by atoms with E-state index in [1.54, 1.807) is 30.3 Å². The maximum absolute atomic E-state index is 12.0. The van der Waals surface area contributed by atoms with Crippen molar-refractivity contribution in [2.24, 2.45) is 0 Å². The fourth-order valence-corrected chi connectivity index (χ4v) is 2.68. The molecule has 2 aromatic heterocycles. The minimum absolute atomic E-state index is 0.103. The molecule has 0 aromatic carbocycles. The molecule has 136 valence electrons. The minimum atomic E-state index is -0.307. The Kier molecular flexibility index (Phi) is 5.26. The van der Waals surface area contributed by atoms with Gasteiger partial charge in [-0.3, -0.25) is 14.5 Å². The maximum atomic E-state index is 12.0. The number of nitrogens with zero attached hydrogens (tertiary/aromatic N) is 5. The molecule has 26 heavy (non-hydrogen) atoms. The van der Waals surface area contributed by atoms with Gasteiger partial charge in [-0.1, -0.05) is 0 Å². The molecule has 0 bridgehead atoms. The smallest absolute Gasteiger partial charge is 0.326 e. The molecular weight excluding hydrogens is 336 g/mol. The standard InChI is InChI=1S/C17H20N6O3/c1-21-12-16(25)22(17(21)26)8-2-4-15(24)19-11-13-5-7-18-14(10-13)23-9-3-6-20-23/h3,5-7,9-10H,2,4,8,11-12H2,1H3,(H,19,24). The summed E-state index contributed by atoms with van der Waals surface area (Å²) in [6.07, 6.45) is 5.82. The van der Waals surface area contributed by atoms with Crippen LogP contribution in [0.4, 0.5) is 4.79 Å². The molecule has 1 aliphatic heterocycles. The highest BCUT2D eigenvalue weighted by Crippen LogP contribution is 2.09. The van der Waals surface area contributed by atoms with Crippen molar-refractivity contribution in [3.05, 3.63) is 42.4 Å². The van der Waals surface area contributed by atoms with E-state index in [1.165, 1.54) is 9.80 Å². The largest absolute Gasteiger partial charge is 0.352 e. The van der Waals surface area contributed by atoms with Crippen LogP contribution in [0.5, 0.6) is 0 Å². The van der Waals surface area contributed by atoms with Crippen LogP contribution < -0.4 is 5.32 Å². The predicted octanol–water partition coefficient (Wildman–Crippen LogP) is 0.558. The molecule has 3 heterocycles.